The standard InChI is InChI=1S/C20H21BrN6O/c21-16-3-4-17-15(14-16)2-5-18(25-17)22-9-6-19(28)26-10-12-27(13-11-26)20-23-7-1-8-24-20/h1-5,7-8,14H,6,9-13H2,(H,22,25). The van der Waals surface area contributed by atoms with E-state index in [1.54, 1.807) is 18.5 Å². The van der Waals surface area contributed by atoms with Gasteiger partial charge in [0.15, 0.2) is 0 Å². The predicted octanol–water partition coefficient (Wildman–Crippen LogP) is 2.94. The number of benzene rings is 1. The summed E-state index contributed by atoms with van der Waals surface area (Å²) in [7, 11) is 0. The smallest absolute Gasteiger partial charge is 0.225 e. The average molecular weight is 441 g/mol. The van der Waals surface area contributed by atoms with E-state index in [0.29, 0.717) is 26.1 Å². The van der Waals surface area contributed by atoms with Gasteiger partial charge in [0.25, 0.3) is 0 Å². The Labute approximate surface area is 171 Å². The van der Waals surface area contributed by atoms with Crippen LogP contribution in [0, 0.1) is 0 Å². The van der Waals surface area contributed by atoms with Crippen molar-refractivity contribution in [2.24, 2.45) is 0 Å². The molecule has 1 fully saturated rings. The van der Waals surface area contributed by atoms with Crippen LogP contribution in [0.3, 0.4) is 0 Å². The number of carbonyl (C=O) groups is 1. The minimum atomic E-state index is 0.158. The third kappa shape index (κ3) is 4.39. The Morgan fingerprint density at radius 3 is 2.64 bits per heavy atom. The number of halogens is 1. The number of hydrogen-bond acceptors (Lipinski definition) is 6. The minimum absolute atomic E-state index is 0.158. The van der Waals surface area contributed by atoms with Gasteiger partial charge in [-0.3, -0.25) is 4.79 Å². The van der Waals surface area contributed by atoms with Crippen LogP contribution in [-0.2, 0) is 4.79 Å². The lowest BCUT2D eigenvalue weighted by molar-refractivity contribution is -0.131. The number of fused-ring (bicyclic) bond motifs is 1. The zero-order chi connectivity index (χ0) is 19.3. The zero-order valence-electron chi connectivity index (χ0n) is 15.4. The third-order valence-corrected chi connectivity index (χ3v) is 5.26. The van der Waals surface area contributed by atoms with Gasteiger partial charge in [-0.05, 0) is 36.4 Å². The molecule has 0 saturated carbocycles. The van der Waals surface area contributed by atoms with Crippen LogP contribution in [0.4, 0.5) is 11.8 Å². The minimum Gasteiger partial charge on any atom is -0.370 e. The van der Waals surface area contributed by atoms with Crippen LogP contribution < -0.4 is 10.2 Å². The highest BCUT2D eigenvalue weighted by Crippen LogP contribution is 2.20. The molecular weight excluding hydrogens is 420 g/mol. The Balaban J connectivity index is 1.25. The molecule has 3 aromatic rings. The number of carbonyl (C=O) groups excluding carboxylic acids is 1. The van der Waals surface area contributed by atoms with Gasteiger partial charge in [0.05, 0.1) is 5.52 Å². The van der Waals surface area contributed by atoms with Crippen LogP contribution in [0.1, 0.15) is 6.42 Å². The van der Waals surface area contributed by atoms with Crippen LogP contribution in [0.5, 0.6) is 0 Å². The summed E-state index contributed by atoms with van der Waals surface area (Å²) < 4.78 is 1.03. The zero-order valence-corrected chi connectivity index (χ0v) is 17.0. The number of hydrogen-bond donors (Lipinski definition) is 1. The van der Waals surface area contributed by atoms with E-state index in [1.807, 2.05) is 35.2 Å². The molecule has 2 aromatic heterocycles. The SMILES string of the molecule is O=C(CCNc1ccc2cc(Br)ccc2n1)N1CCN(c2ncccn2)CC1. The first-order valence-electron chi connectivity index (χ1n) is 9.29. The van der Waals surface area contributed by atoms with E-state index in [4.69, 9.17) is 0 Å². The quantitative estimate of drug-likeness (QED) is 0.657. The van der Waals surface area contributed by atoms with Crippen molar-refractivity contribution in [1.29, 1.82) is 0 Å². The summed E-state index contributed by atoms with van der Waals surface area (Å²) in [5.41, 5.74) is 0.929. The number of anilines is 2. The highest BCUT2D eigenvalue weighted by molar-refractivity contribution is 9.10. The molecule has 1 aromatic carbocycles. The molecular formula is C20H21BrN6O. The summed E-state index contributed by atoms with van der Waals surface area (Å²) in [6.45, 7) is 3.46. The van der Waals surface area contributed by atoms with Crippen molar-refractivity contribution in [3.63, 3.8) is 0 Å². The third-order valence-electron chi connectivity index (χ3n) is 4.76. The van der Waals surface area contributed by atoms with Crippen molar-refractivity contribution in [2.75, 3.05) is 42.9 Å². The fourth-order valence-electron chi connectivity index (χ4n) is 3.26. The number of aromatic nitrogens is 3. The van der Waals surface area contributed by atoms with Gasteiger partial charge in [-0.25, -0.2) is 15.0 Å². The Bertz CT molecular complexity index is 959. The number of piperazine rings is 1. The Hall–Kier alpha value is -2.74. The molecule has 7 nitrogen and oxygen atoms in total. The molecule has 0 unspecified atom stereocenters. The first-order valence-corrected chi connectivity index (χ1v) is 10.1. The molecule has 0 spiro atoms. The Kier molecular flexibility index (Phi) is 5.66. The van der Waals surface area contributed by atoms with Crippen molar-refractivity contribution in [3.8, 4) is 0 Å². The van der Waals surface area contributed by atoms with Gasteiger partial charge in [-0.2, -0.15) is 0 Å². The van der Waals surface area contributed by atoms with E-state index in [0.717, 1.165) is 40.2 Å². The predicted molar refractivity (Wildman–Crippen MR) is 113 cm³/mol. The highest BCUT2D eigenvalue weighted by atomic mass is 79.9. The number of nitrogens with zero attached hydrogens (tertiary/aromatic N) is 5. The molecule has 4 rings (SSSR count). The van der Waals surface area contributed by atoms with E-state index in [-0.39, 0.29) is 5.91 Å². The van der Waals surface area contributed by atoms with Gasteiger partial charge < -0.3 is 15.1 Å². The van der Waals surface area contributed by atoms with Crippen LogP contribution >= 0.6 is 15.9 Å². The lowest BCUT2D eigenvalue weighted by Gasteiger charge is -2.34. The summed E-state index contributed by atoms with van der Waals surface area (Å²) >= 11 is 3.47. The second kappa shape index (κ2) is 8.52. The topological polar surface area (TPSA) is 74.2 Å². The van der Waals surface area contributed by atoms with Gasteiger partial charge in [-0.15, -0.1) is 0 Å². The Morgan fingerprint density at radius 2 is 1.86 bits per heavy atom. The van der Waals surface area contributed by atoms with Crippen molar-refractivity contribution in [2.45, 2.75) is 6.42 Å². The molecule has 3 heterocycles. The summed E-state index contributed by atoms with van der Waals surface area (Å²) in [4.78, 5) is 29.7. The van der Waals surface area contributed by atoms with Gasteiger partial charge in [-0.1, -0.05) is 15.9 Å². The number of nitrogens with one attached hydrogen (secondary N) is 1. The fourth-order valence-corrected chi connectivity index (χ4v) is 3.64. The normalized spacial score (nSPS) is 14.3. The second-order valence-electron chi connectivity index (χ2n) is 6.63. The van der Waals surface area contributed by atoms with Crippen LogP contribution in [0.15, 0.2) is 53.3 Å². The molecule has 0 radical (unpaired) electrons. The van der Waals surface area contributed by atoms with Gasteiger partial charge >= 0.3 is 0 Å². The molecule has 144 valence electrons. The van der Waals surface area contributed by atoms with Crippen molar-refractivity contribution < 1.29 is 4.79 Å². The van der Waals surface area contributed by atoms with Crippen molar-refractivity contribution in [1.82, 2.24) is 19.9 Å². The summed E-state index contributed by atoms with van der Waals surface area (Å²) in [6, 6.07) is 11.8. The van der Waals surface area contributed by atoms with E-state index >= 15 is 0 Å². The summed E-state index contributed by atoms with van der Waals surface area (Å²) in [5.74, 6) is 1.67. The first-order chi connectivity index (χ1) is 13.7. The fraction of sp³-hybridized carbons (Fsp3) is 0.300. The largest absolute Gasteiger partial charge is 0.370 e. The lowest BCUT2D eigenvalue weighted by Crippen LogP contribution is -2.49. The van der Waals surface area contributed by atoms with Crippen molar-refractivity contribution in [3.05, 3.63) is 53.3 Å². The second-order valence-corrected chi connectivity index (χ2v) is 7.54. The maximum atomic E-state index is 12.5. The first kappa shape index (κ1) is 18.6. The molecule has 28 heavy (non-hydrogen) atoms. The van der Waals surface area contributed by atoms with Gasteiger partial charge in [0.2, 0.25) is 11.9 Å². The molecule has 1 N–H and O–H groups in total. The highest BCUT2D eigenvalue weighted by Gasteiger charge is 2.22. The molecule has 0 atom stereocenters. The van der Waals surface area contributed by atoms with Crippen LogP contribution in [0.2, 0.25) is 0 Å². The number of amides is 1. The van der Waals surface area contributed by atoms with E-state index in [2.05, 4.69) is 41.1 Å². The molecule has 8 heteroatoms. The lowest BCUT2D eigenvalue weighted by atomic mass is 10.2. The summed E-state index contributed by atoms with van der Waals surface area (Å²) in [5, 5.41) is 4.34. The maximum absolute atomic E-state index is 12.5. The number of rotatable bonds is 5. The van der Waals surface area contributed by atoms with Crippen molar-refractivity contribution >= 4 is 44.5 Å². The maximum Gasteiger partial charge on any atom is 0.225 e. The van der Waals surface area contributed by atoms with E-state index in [1.165, 1.54) is 0 Å². The van der Waals surface area contributed by atoms with E-state index in [9.17, 15) is 4.79 Å². The number of pyridine rings is 1. The summed E-state index contributed by atoms with van der Waals surface area (Å²) in [6.07, 6.45) is 3.93. The monoisotopic (exact) mass is 440 g/mol. The molecule has 1 aliphatic rings. The molecule has 0 bridgehead atoms. The van der Waals surface area contributed by atoms with Crippen LogP contribution in [0.25, 0.3) is 10.9 Å². The van der Waals surface area contributed by atoms with Gasteiger partial charge in [0, 0.05) is 61.4 Å². The van der Waals surface area contributed by atoms with Gasteiger partial charge in [0.1, 0.15) is 5.82 Å². The molecule has 0 aliphatic carbocycles. The molecule has 1 saturated heterocycles. The average Bonchev–Trinajstić information content (AvgIpc) is 2.74. The van der Waals surface area contributed by atoms with Crippen LogP contribution in [-0.4, -0.2) is 58.5 Å². The Morgan fingerprint density at radius 1 is 1.07 bits per heavy atom. The molecule has 1 amide bonds. The molecule has 1 aliphatic heterocycles. The van der Waals surface area contributed by atoms with E-state index < -0.39 is 0 Å².